The number of rotatable bonds is 8. The molecule has 2 aromatic heterocycles. The van der Waals surface area contributed by atoms with E-state index in [2.05, 4.69) is 44.7 Å². The van der Waals surface area contributed by atoms with Gasteiger partial charge in [0, 0.05) is 56.3 Å². The Morgan fingerprint density at radius 1 is 0.900 bits per heavy atom. The zero-order valence-electron chi connectivity index (χ0n) is 29.0. The number of hydrogen-bond donors (Lipinski definition) is 3. The van der Waals surface area contributed by atoms with Crippen LogP contribution in [0.25, 0.3) is 0 Å². The van der Waals surface area contributed by atoms with E-state index in [4.69, 9.17) is 4.74 Å². The summed E-state index contributed by atoms with van der Waals surface area (Å²) in [4.78, 5) is 66.7. The fourth-order valence-electron chi connectivity index (χ4n) is 6.14. The van der Waals surface area contributed by atoms with Crippen LogP contribution in [0.3, 0.4) is 0 Å². The molecule has 2 aliphatic heterocycles. The van der Waals surface area contributed by atoms with Gasteiger partial charge in [-0.2, -0.15) is 0 Å². The highest BCUT2D eigenvalue weighted by Gasteiger charge is 2.26. The maximum Gasteiger partial charge on any atom is 0.271 e. The molecule has 1 aromatic carbocycles. The number of hydrogen-bond acceptors (Lipinski definition) is 10. The third kappa shape index (κ3) is 11.4. The van der Waals surface area contributed by atoms with Gasteiger partial charge in [0.15, 0.2) is 0 Å². The molecule has 50 heavy (non-hydrogen) atoms. The molecule has 4 heterocycles. The number of amides is 4. The number of nitrogens with one attached hydrogen (secondary N) is 3. The molecule has 0 unspecified atom stereocenters. The zero-order chi connectivity index (χ0) is 35.3. The van der Waals surface area contributed by atoms with Gasteiger partial charge < -0.3 is 25.6 Å². The van der Waals surface area contributed by atoms with Crippen molar-refractivity contribution in [2.75, 3.05) is 52.5 Å². The lowest BCUT2D eigenvalue weighted by atomic mass is 10.0. The predicted octanol–water partition coefficient (Wildman–Crippen LogP) is 4.37. The second-order valence-corrected chi connectivity index (χ2v) is 15.0. The average molecular weight is 724 g/mol. The van der Waals surface area contributed by atoms with Crippen LogP contribution in [0.1, 0.15) is 101 Å². The van der Waals surface area contributed by atoms with Gasteiger partial charge >= 0.3 is 0 Å². The van der Waals surface area contributed by atoms with Crippen molar-refractivity contribution in [3.63, 3.8) is 0 Å². The van der Waals surface area contributed by atoms with Crippen LogP contribution in [0.4, 0.5) is 0 Å². The number of nitrogens with zero attached hydrogens (tertiary/aromatic N) is 4. The van der Waals surface area contributed by atoms with E-state index in [1.807, 2.05) is 35.2 Å². The Morgan fingerprint density at radius 2 is 1.58 bits per heavy atom. The first-order valence-corrected chi connectivity index (χ1v) is 19.4. The number of benzene rings is 1. The fourth-order valence-corrected chi connectivity index (χ4v) is 7.85. The number of carbonyl (C=O) groups is 4. The van der Waals surface area contributed by atoms with Gasteiger partial charge in [-0.15, -0.1) is 22.7 Å². The minimum Gasteiger partial charge on any atom is -0.379 e. The Bertz CT molecular complexity index is 1560. The van der Waals surface area contributed by atoms with Crippen LogP contribution in [-0.4, -0.2) is 95.9 Å². The van der Waals surface area contributed by atoms with Crippen LogP contribution in [0.5, 0.6) is 0 Å². The number of thiazole rings is 2. The zero-order valence-corrected chi connectivity index (χ0v) is 30.7. The van der Waals surface area contributed by atoms with Crippen molar-refractivity contribution in [3.05, 3.63) is 68.1 Å². The highest BCUT2D eigenvalue weighted by Crippen LogP contribution is 2.27. The SMILES string of the molecule is CC(C)C[C@@H]1NC(=O)CCCN(C(=O)CCCN2CCOCC2)CCCNC(=O)c2csc(n2)[C@H](Cc2ccccc2)NC(=O)c2csc1n2. The Balaban J connectivity index is 1.33. The number of fused-ring (bicyclic) bond motifs is 4. The molecule has 0 spiro atoms. The molecule has 2 atom stereocenters. The molecule has 2 aliphatic rings. The molecule has 4 amide bonds. The molecular formula is C36H49N7O5S2. The van der Waals surface area contributed by atoms with Gasteiger partial charge in [-0.25, -0.2) is 9.97 Å². The lowest BCUT2D eigenvalue weighted by Crippen LogP contribution is -2.38. The van der Waals surface area contributed by atoms with Crippen molar-refractivity contribution in [1.82, 2.24) is 35.7 Å². The molecule has 1 saturated heterocycles. The van der Waals surface area contributed by atoms with Crippen molar-refractivity contribution in [3.8, 4) is 0 Å². The molecule has 0 radical (unpaired) electrons. The van der Waals surface area contributed by atoms with Crippen molar-refractivity contribution in [2.24, 2.45) is 5.92 Å². The summed E-state index contributed by atoms with van der Waals surface area (Å²) in [6, 6.07) is 9.00. The van der Waals surface area contributed by atoms with E-state index >= 15 is 0 Å². The van der Waals surface area contributed by atoms with E-state index in [0.717, 1.165) is 44.8 Å². The largest absolute Gasteiger partial charge is 0.379 e. The number of ether oxygens (including phenoxy) is 1. The van der Waals surface area contributed by atoms with E-state index in [9.17, 15) is 19.2 Å². The Kier molecular flexibility index (Phi) is 14.3. The van der Waals surface area contributed by atoms with Gasteiger partial charge in [0.1, 0.15) is 21.4 Å². The molecule has 4 bridgehead atoms. The first-order chi connectivity index (χ1) is 24.2. The van der Waals surface area contributed by atoms with Gasteiger partial charge in [0.05, 0.1) is 25.3 Å². The molecule has 12 nitrogen and oxygen atoms in total. The molecule has 3 N–H and O–H groups in total. The van der Waals surface area contributed by atoms with E-state index in [0.29, 0.717) is 61.8 Å². The lowest BCUT2D eigenvalue weighted by molar-refractivity contribution is -0.132. The highest BCUT2D eigenvalue weighted by atomic mass is 32.1. The van der Waals surface area contributed by atoms with Crippen molar-refractivity contribution < 1.29 is 23.9 Å². The maximum absolute atomic E-state index is 13.6. The standard InChI is InChI=1S/C36H49N7O5S2/c1-25(2)21-27-35-41-30(24-50-35)34(47)39-28(22-26-9-4-3-5-10-26)36-40-29(23-49-36)33(46)37-13-8-16-43(15-6-11-31(44)38-27)32(45)12-7-14-42-17-19-48-20-18-42/h3-5,9-10,23-25,27-28H,6-8,11-22H2,1-2H3,(H,37,46)(H,38,44)(H,39,47)/t27-,28-/m0/s1. The fraction of sp³-hybridized carbons (Fsp3) is 0.556. The molecule has 0 saturated carbocycles. The highest BCUT2D eigenvalue weighted by molar-refractivity contribution is 7.10. The van der Waals surface area contributed by atoms with Gasteiger partial charge in [-0.3, -0.25) is 24.1 Å². The monoisotopic (exact) mass is 723 g/mol. The molecule has 14 heteroatoms. The molecule has 5 rings (SSSR count). The summed E-state index contributed by atoms with van der Waals surface area (Å²) >= 11 is 2.68. The maximum atomic E-state index is 13.6. The van der Waals surface area contributed by atoms with Crippen LogP contribution < -0.4 is 16.0 Å². The van der Waals surface area contributed by atoms with Crippen LogP contribution in [0.15, 0.2) is 41.1 Å². The summed E-state index contributed by atoms with van der Waals surface area (Å²) in [5.74, 6) is -0.417. The smallest absolute Gasteiger partial charge is 0.271 e. The van der Waals surface area contributed by atoms with Gasteiger partial charge in [0.2, 0.25) is 11.8 Å². The van der Waals surface area contributed by atoms with Gasteiger partial charge in [0.25, 0.3) is 11.8 Å². The molecule has 270 valence electrons. The lowest BCUT2D eigenvalue weighted by Gasteiger charge is -2.27. The van der Waals surface area contributed by atoms with Crippen LogP contribution >= 0.6 is 22.7 Å². The van der Waals surface area contributed by atoms with E-state index in [1.165, 1.54) is 22.7 Å². The quantitative estimate of drug-likeness (QED) is 0.311. The summed E-state index contributed by atoms with van der Waals surface area (Å²) in [5.41, 5.74) is 1.58. The number of morpholine rings is 1. The third-order valence-electron chi connectivity index (χ3n) is 8.78. The third-order valence-corrected chi connectivity index (χ3v) is 10.7. The first kappa shape index (κ1) is 37.5. The van der Waals surface area contributed by atoms with Gasteiger partial charge in [-0.05, 0) is 50.1 Å². The number of aromatic nitrogens is 2. The van der Waals surface area contributed by atoms with Crippen LogP contribution in [-0.2, 0) is 20.7 Å². The minimum atomic E-state index is -0.482. The predicted molar refractivity (Wildman–Crippen MR) is 194 cm³/mol. The number of carbonyl (C=O) groups excluding carboxylic acids is 4. The van der Waals surface area contributed by atoms with Crippen LogP contribution in [0, 0.1) is 5.92 Å². The van der Waals surface area contributed by atoms with Crippen molar-refractivity contribution in [2.45, 2.75) is 70.9 Å². The summed E-state index contributed by atoms with van der Waals surface area (Å²) in [5, 5.41) is 13.9. The molecular weight excluding hydrogens is 675 g/mol. The molecule has 0 aliphatic carbocycles. The summed E-state index contributed by atoms with van der Waals surface area (Å²) < 4.78 is 5.44. The summed E-state index contributed by atoms with van der Waals surface area (Å²) in [6.45, 7) is 9.54. The average Bonchev–Trinajstić information content (AvgIpc) is 3.81. The van der Waals surface area contributed by atoms with E-state index in [-0.39, 0.29) is 53.4 Å². The second kappa shape index (κ2) is 19.0. The summed E-state index contributed by atoms with van der Waals surface area (Å²) in [7, 11) is 0. The Hall–Kier alpha value is -3.72. The van der Waals surface area contributed by atoms with E-state index in [1.54, 1.807) is 10.8 Å². The normalized spacial score (nSPS) is 20.5. The van der Waals surface area contributed by atoms with Crippen molar-refractivity contribution >= 4 is 46.3 Å². The Labute approximate surface area is 302 Å². The molecule has 1 fully saturated rings. The van der Waals surface area contributed by atoms with Crippen molar-refractivity contribution in [1.29, 1.82) is 0 Å². The topological polar surface area (TPSA) is 146 Å². The van der Waals surface area contributed by atoms with E-state index < -0.39 is 6.04 Å². The summed E-state index contributed by atoms with van der Waals surface area (Å²) in [6.07, 6.45) is 3.69. The van der Waals surface area contributed by atoms with Gasteiger partial charge in [-0.1, -0.05) is 44.2 Å². The Morgan fingerprint density at radius 3 is 2.30 bits per heavy atom. The second-order valence-electron chi connectivity index (χ2n) is 13.3. The van der Waals surface area contributed by atoms with Crippen LogP contribution in [0.2, 0.25) is 0 Å². The first-order valence-electron chi connectivity index (χ1n) is 17.7. The molecule has 3 aromatic rings. The minimum absolute atomic E-state index is 0.0575.